The van der Waals surface area contributed by atoms with Gasteiger partial charge in [-0.1, -0.05) is 44.2 Å². The summed E-state index contributed by atoms with van der Waals surface area (Å²) in [5.41, 5.74) is 0.265. The van der Waals surface area contributed by atoms with Crippen molar-refractivity contribution in [3.05, 3.63) is 60.2 Å². The maximum absolute atomic E-state index is 14.0. The van der Waals surface area contributed by atoms with Gasteiger partial charge < -0.3 is 29.4 Å². The lowest BCUT2D eigenvalue weighted by Crippen LogP contribution is -2.59. The van der Waals surface area contributed by atoms with E-state index < -0.39 is 39.7 Å². The zero-order valence-electron chi connectivity index (χ0n) is 23.9. The Balaban J connectivity index is 1.99. The summed E-state index contributed by atoms with van der Waals surface area (Å²) in [4.78, 5) is 13.6. The summed E-state index contributed by atoms with van der Waals surface area (Å²) < 4.78 is 39.8. The van der Waals surface area contributed by atoms with Crippen LogP contribution in [-0.2, 0) is 21.2 Å². The fourth-order valence-corrected chi connectivity index (χ4v) is 6.90. The Morgan fingerprint density at radius 2 is 1.90 bits per heavy atom. The molecule has 0 aliphatic carbocycles. The van der Waals surface area contributed by atoms with E-state index in [4.69, 9.17) is 14.7 Å². The molecule has 1 fully saturated rings. The van der Waals surface area contributed by atoms with Crippen molar-refractivity contribution in [1.29, 1.82) is 5.26 Å². The van der Waals surface area contributed by atoms with Gasteiger partial charge in [0.05, 0.1) is 42.9 Å². The highest BCUT2D eigenvalue weighted by atomic mass is 32.2. The smallest absolute Gasteiger partial charge is 0.243 e. The molecule has 0 unspecified atom stereocenters. The molecule has 1 N–H and O–H groups in total. The first-order chi connectivity index (χ1) is 19.5. The molecule has 1 amide bonds. The maximum atomic E-state index is 14.0. The van der Waals surface area contributed by atoms with Crippen molar-refractivity contribution in [3.63, 3.8) is 0 Å². The molecule has 3 atom stereocenters. The second-order valence-electron chi connectivity index (χ2n) is 11.2. The normalized spacial score (nSPS) is 17.1. The number of ether oxygens (including phenoxy) is 2. The van der Waals surface area contributed by atoms with Gasteiger partial charge in [-0.3, -0.25) is 0 Å². The summed E-state index contributed by atoms with van der Waals surface area (Å²) >= 11 is 0. The van der Waals surface area contributed by atoms with Gasteiger partial charge in [-0.15, -0.1) is 0 Å². The lowest BCUT2D eigenvalue weighted by atomic mass is 9.87. The van der Waals surface area contributed by atoms with Crippen LogP contribution in [0.5, 0.6) is 5.75 Å². The Hall–Kier alpha value is -3.17. The van der Waals surface area contributed by atoms with Gasteiger partial charge in [0.1, 0.15) is 11.8 Å². The number of rotatable bonds is 15. The van der Waals surface area contributed by atoms with E-state index in [1.807, 2.05) is 44.2 Å². The van der Waals surface area contributed by atoms with Gasteiger partial charge in [-0.05, 0) is 60.9 Å². The number of hydrogen-bond acceptors (Lipinski definition) is 8. The van der Waals surface area contributed by atoms with Crippen LogP contribution in [0.1, 0.15) is 45.1 Å². The largest absolute Gasteiger partial charge is 0.530 e. The highest BCUT2D eigenvalue weighted by Gasteiger charge is 2.38. The number of methoxy groups -OCH3 is 1. The summed E-state index contributed by atoms with van der Waals surface area (Å²) in [5.74, 6) is 0.499. The van der Waals surface area contributed by atoms with E-state index in [0.717, 1.165) is 10.5 Å². The van der Waals surface area contributed by atoms with Crippen molar-refractivity contribution >= 4 is 16.1 Å². The Labute approximate surface area is 243 Å². The van der Waals surface area contributed by atoms with Gasteiger partial charge in [0, 0.05) is 26.1 Å². The monoisotopic (exact) mass is 586 g/mol. The van der Waals surface area contributed by atoms with Crippen LogP contribution in [0.25, 0.3) is 0 Å². The number of carboxylic acid groups (broad SMARTS) is 1. The zero-order chi connectivity index (χ0) is 30.0. The van der Waals surface area contributed by atoms with Crippen LogP contribution in [0.4, 0.5) is 4.79 Å². The number of aliphatic hydroxyl groups is 1. The predicted octanol–water partition coefficient (Wildman–Crippen LogP) is 2.81. The molecule has 0 saturated carbocycles. The van der Waals surface area contributed by atoms with Crippen molar-refractivity contribution in [2.75, 3.05) is 33.4 Å². The average molecular weight is 587 g/mol. The third kappa shape index (κ3) is 8.91. The Kier molecular flexibility index (Phi) is 11.5. The molecule has 3 rings (SSSR count). The Morgan fingerprint density at radius 3 is 2.46 bits per heavy atom. The number of carbonyl (C=O) groups excluding carboxylic acids is 1. The fourth-order valence-electron chi connectivity index (χ4n) is 5.25. The second-order valence-corrected chi connectivity index (χ2v) is 13.1. The summed E-state index contributed by atoms with van der Waals surface area (Å²) in [6.07, 6.45) is -0.679. The molecule has 2 aromatic rings. The molecular formula is C30H40N3O7S-. The number of nitriles is 1. The molecule has 0 aromatic heterocycles. The summed E-state index contributed by atoms with van der Waals surface area (Å²) in [5, 5.41) is 33.1. The molecule has 224 valence electrons. The molecule has 1 aliphatic rings. The fraction of sp³-hybridized carbons (Fsp3) is 0.533. The number of aliphatic hydroxyl groups excluding tert-OH is 1. The Bertz CT molecular complexity index is 1260. The van der Waals surface area contributed by atoms with Crippen molar-refractivity contribution in [2.24, 2.45) is 5.41 Å². The van der Waals surface area contributed by atoms with Gasteiger partial charge >= 0.3 is 0 Å². The van der Waals surface area contributed by atoms with Gasteiger partial charge in [0.15, 0.2) is 0 Å². The van der Waals surface area contributed by atoms with Gasteiger partial charge in [-0.25, -0.2) is 8.42 Å². The predicted molar refractivity (Wildman–Crippen MR) is 151 cm³/mol. The van der Waals surface area contributed by atoms with Crippen LogP contribution in [0.3, 0.4) is 0 Å². The summed E-state index contributed by atoms with van der Waals surface area (Å²) in [7, 11) is -2.62. The number of unbranched alkanes of at least 4 members (excludes halogenated alkanes) is 1. The first-order valence-electron chi connectivity index (χ1n) is 13.8. The quantitative estimate of drug-likeness (QED) is 0.314. The maximum Gasteiger partial charge on any atom is 0.243 e. The SMILES string of the molecule is COc1ccc(S(=O)(=O)N(C[C@@H](O)[C@H](Cc2ccccc2)N(C(=O)[O-])[C@H]2CCOC2)CC(C)(C)CCCC#N)cc1. The second kappa shape index (κ2) is 14.6. The number of sulfonamides is 1. The number of hydrogen-bond donors (Lipinski definition) is 1. The summed E-state index contributed by atoms with van der Waals surface area (Å²) in [6.45, 7) is 4.10. The van der Waals surface area contributed by atoms with E-state index in [1.165, 1.54) is 23.5 Å². The van der Waals surface area contributed by atoms with Crippen LogP contribution < -0.4 is 9.84 Å². The molecule has 41 heavy (non-hydrogen) atoms. The molecule has 10 nitrogen and oxygen atoms in total. The van der Waals surface area contributed by atoms with Crippen LogP contribution in [-0.4, -0.2) is 80.4 Å². The van der Waals surface area contributed by atoms with E-state index >= 15 is 0 Å². The third-order valence-electron chi connectivity index (χ3n) is 7.43. The number of carbonyl (C=O) groups is 1. The van der Waals surface area contributed by atoms with Crippen molar-refractivity contribution in [3.8, 4) is 11.8 Å². The van der Waals surface area contributed by atoms with E-state index in [0.29, 0.717) is 38.0 Å². The number of nitrogens with zero attached hydrogens (tertiary/aromatic N) is 3. The highest BCUT2D eigenvalue weighted by molar-refractivity contribution is 7.89. The number of benzene rings is 2. The summed E-state index contributed by atoms with van der Waals surface area (Å²) in [6, 6.07) is 15.8. The Morgan fingerprint density at radius 1 is 1.22 bits per heavy atom. The first-order valence-corrected chi connectivity index (χ1v) is 15.2. The molecule has 1 saturated heterocycles. The minimum Gasteiger partial charge on any atom is -0.530 e. The van der Waals surface area contributed by atoms with Gasteiger partial charge in [0.2, 0.25) is 10.0 Å². The number of amides is 1. The van der Waals surface area contributed by atoms with Crippen LogP contribution in [0.2, 0.25) is 0 Å². The van der Waals surface area contributed by atoms with Gasteiger partial charge in [-0.2, -0.15) is 9.57 Å². The van der Waals surface area contributed by atoms with Crippen LogP contribution in [0.15, 0.2) is 59.5 Å². The molecule has 0 spiro atoms. The first kappa shape index (κ1) is 32.3. The van der Waals surface area contributed by atoms with E-state index in [1.54, 1.807) is 12.1 Å². The molecular weight excluding hydrogens is 546 g/mol. The van der Waals surface area contributed by atoms with Crippen molar-refractivity contribution in [2.45, 2.75) is 69.0 Å². The van der Waals surface area contributed by atoms with Crippen molar-refractivity contribution in [1.82, 2.24) is 9.21 Å². The lowest BCUT2D eigenvalue weighted by Gasteiger charge is -2.42. The minimum absolute atomic E-state index is 0.0267. The minimum atomic E-state index is -4.11. The van der Waals surface area contributed by atoms with E-state index in [-0.39, 0.29) is 31.0 Å². The molecule has 1 heterocycles. The van der Waals surface area contributed by atoms with Crippen LogP contribution >= 0.6 is 0 Å². The zero-order valence-corrected chi connectivity index (χ0v) is 24.8. The van der Waals surface area contributed by atoms with E-state index in [2.05, 4.69) is 6.07 Å². The lowest BCUT2D eigenvalue weighted by molar-refractivity contribution is -0.272. The molecule has 1 aliphatic heterocycles. The highest BCUT2D eigenvalue weighted by Crippen LogP contribution is 2.30. The van der Waals surface area contributed by atoms with Crippen LogP contribution in [0, 0.1) is 16.7 Å². The molecule has 0 radical (unpaired) electrons. The van der Waals surface area contributed by atoms with E-state index in [9.17, 15) is 23.4 Å². The van der Waals surface area contributed by atoms with Gasteiger partial charge in [0.25, 0.3) is 0 Å². The van der Waals surface area contributed by atoms with Crippen molar-refractivity contribution < 1.29 is 32.9 Å². The topological polar surface area (TPSA) is 143 Å². The molecule has 2 aromatic carbocycles. The standard InChI is InChI=1S/C30H41N3O7S/c1-30(2,16-7-8-17-31)22-32(41(37,38)26-13-11-25(39-3)12-14-26)20-28(34)27(19-23-9-5-4-6-10-23)33(29(35)36)24-15-18-40-21-24/h4-6,9-14,24,27-28,34H,7-8,15-16,18-22H2,1-3H3,(H,35,36)/p-1/t24-,27-,28+/m0/s1. The average Bonchev–Trinajstić information content (AvgIpc) is 3.47. The molecule has 11 heteroatoms. The third-order valence-corrected chi connectivity index (χ3v) is 9.26. The molecule has 0 bridgehead atoms.